The topological polar surface area (TPSA) is 76.1 Å². The van der Waals surface area contributed by atoms with Crippen LogP contribution in [-0.2, 0) is 19.1 Å². The molecule has 2 saturated heterocycles. The molecule has 0 saturated carbocycles. The third-order valence-corrected chi connectivity index (χ3v) is 4.34. The second-order valence-corrected chi connectivity index (χ2v) is 5.97. The van der Waals surface area contributed by atoms with Gasteiger partial charge >= 0.3 is 5.97 Å². The highest BCUT2D eigenvalue weighted by Crippen LogP contribution is 2.22. The minimum absolute atomic E-state index is 0.0132. The number of hydrogen-bond acceptors (Lipinski definition) is 4. The van der Waals surface area contributed by atoms with Crippen LogP contribution in [0.15, 0.2) is 0 Å². The number of carbonyl (C=O) groups excluding carboxylic acids is 1. The van der Waals surface area contributed by atoms with Gasteiger partial charge in [-0.15, -0.1) is 0 Å². The van der Waals surface area contributed by atoms with E-state index >= 15 is 0 Å². The number of ether oxygens (including phenoxy) is 2. The Hall–Kier alpha value is -1.14. The third kappa shape index (κ3) is 4.68. The van der Waals surface area contributed by atoms with Gasteiger partial charge in [0.15, 0.2) is 0 Å². The van der Waals surface area contributed by atoms with Gasteiger partial charge in [0.2, 0.25) is 5.91 Å². The maximum absolute atomic E-state index is 12.2. The van der Waals surface area contributed by atoms with E-state index < -0.39 is 11.9 Å². The summed E-state index contributed by atoms with van der Waals surface area (Å²) in [6.07, 6.45) is 3.98. The molecule has 3 atom stereocenters. The van der Waals surface area contributed by atoms with Crippen molar-refractivity contribution in [1.29, 1.82) is 0 Å². The molecule has 21 heavy (non-hydrogen) atoms. The summed E-state index contributed by atoms with van der Waals surface area (Å²) in [6, 6.07) is 0.117. The summed E-state index contributed by atoms with van der Waals surface area (Å²) in [6.45, 7) is 4.01. The largest absolute Gasteiger partial charge is 0.481 e. The van der Waals surface area contributed by atoms with Gasteiger partial charge in [-0.3, -0.25) is 9.59 Å². The van der Waals surface area contributed by atoms with E-state index in [1.165, 1.54) is 0 Å². The van der Waals surface area contributed by atoms with Crippen LogP contribution < -0.4 is 0 Å². The average molecular weight is 299 g/mol. The van der Waals surface area contributed by atoms with E-state index in [1.807, 2.05) is 6.92 Å². The van der Waals surface area contributed by atoms with Crippen molar-refractivity contribution in [2.75, 3.05) is 26.4 Å². The number of carbonyl (C=O) groups is 2. The Morgan fingerprint density at radius 2 is 2.14 bits per heavy atom. The van der Waals surface area contributed by atoms with E-state index in [4.69, 9.17) is 14.6 Å². The van der Waals surface area contributed by atoms with Crippen molar-refractivity contribution in [2.45, 2.75) is 51.2 Å². The van der Waals surface area contributed by atoms with E-state index in [0.29, 0.717) is 32.6 Å². The van der Waals surface area contributed by atoms with Gasteiger partial charge in [0, 0.05) is 19.2 Å². The lowest BCUT2D eigenvalue weighted by molar-refractivity contribution is -0.147. The molecule has 2 aliphatic rings. The Bertz CT molecular complexity index is 367. The molecule has 0 aromatic rings. The first kappa shape index (κ1) is 16.2. The van der Waals surface area contributed by atoms with Crippen LogP contribution in [0.4, 0.5) is 0 Å². The van der Waals surface area contributed by atoms with E-state index in [2.05, 4.69) is 0 Å². The van der Waals surface area contributed by atoms with E-state index in [0.717, 1.165) is 25.9 Å². The lowest BCUT2D eigenvalue weighted by Crippen LogP contribution is -2.47. The maximum Gasteiger partial charge on any atom is 0.308 e. The molecule has 2 heterocycles. The number of piperidine rings is 1. The maximum atomic E-state index is 12.2. The van der Waals surface area contributed by atoms with Crippen LogP contribution in [0.25, 0.3) is 0 Å². The number of carboxylic acid groups (broad SMARTS) is 1. The summed E-state index contributed by atoms with van der Waals surface area (Å²) in [5, 5.41) is 9.08. The molecule has 2 rings (SSSR count). The quantitative estimate of drug-likeness (QED) is 0.748. The lowest BCUT2D eigenvalue weighted by Gasteiger charge is -2.36. The van der Waals surface area contributed by atoms with Crippen molar-refractivity contribution in [2.24, 2.45) is 5.92 Å². The normalized spacial score (nSPS) is 29.6. The highest BCUT2D eigenvalue weighted by atomic mass is 16.5. The molecule has 0 aromatic carbocycles. The van der Waals surface area contributed by atoms with E-state index in [-0.39, 0.29) is 18.1 Å². The summed E-state index contributed by atoms with van der Waals surface area (Å²) in [7, 11) is 0. The smallest absolute Gasteiger partial charge is 0.308 e. The van der Waals surface area contributed by atoms with Gasteiger partial charge in [-0.2, -0.15) is 0 Å². The number of hydrogen-bond donors (Lipinski definition) is 1. The van der Waals surface area contributed by atoms with Crippen LogP contribution in [0.3, 0.4) is 0 Å². The fourth-order valence-electron chi connectivity index (χ4n) is 2.95. The molecule has 0 radical (unpaired) electrons. The average Bonchev–Trinajstić information content (AvgIpc) is 2.96. The molecule has 1 N–H and O–H groups in total. The molecule has 0 aliphatic carbocycles. The monoisotopic (exact) mass is 299 g/mol. The zero-order valence-corrected chi connectivity index (χ0v) is 12.6. The Morgan fingerprint density at radius 3 is 2.81 bits per heavy atom. The first-order valence-electron chi connectivity index (χ1n) is 7.79. The predicted molar refractivity (Wildman–Crippen MR) is 75.9 cm³/mol. The van der Waals surface area contributed by atoms with Crippen LogP contribution >= 0.6 is 0 Å². The van der Waals surface area contributed by atoms with Gasteiger partial charge in [-0.05, 0) is 32.6 Å². The molecule has 6 heteroatoms. The third-order valence-electron chi connectivity index (χ3n) is 4.34. The zero-order chi connectivity index (χ0) is 15.2. The number of amides is 1. The van der Waals surface area contributed by atoms with E-state index in [9.17, 15) is 9.59 Å². The summed E-state index contributed by atoms with van der Waals surface area (Å²) < 4.78 is 10.9. The number of carboxylic acids is 1. The van der Waals surface area contributed by atoms with E-state index in [1.54, 1.807) is 4.90 Å². The molecule has 2 aliphatic heterocycles. The highest BCUT2D eigenvalue weighted by molar-refractivity contribution is 5.78. The van der Waals surface area contributed by atoms with Gasteiger partial charge in [-0.25, -0.2) is 0 Å². The van der Waals surface area contributed by atoms with Crippen molar-refractivity contribution < 1.29 is 24.2 Å². The van der Waals surface area contributed by atoms with Gasteiger partial charge in [0.25, 0.3) is 0 Å². The van der Waals surface area contributed by atoms with Crippen molar-refractivity contribution in [1.82, 2.24) is 4.90 Å². The lowest BCUT2D eigenvalue weighted by atomic mass is 9.93. The van der Waals surface area contributed by atoms with Crippen LogP contribution in [0.2, 0.25) is 0 Å². The number of likely N-dealkylation sites (tertiary alicyclic amines) is 1. The Kier molecular flexibility index (Phi) is 5.99. The van der Waals surface area contributed by atoms with Crippen LogP contribution in [-0.4, -0.2) is 60.4 Å². The highest BCUT2D eigenvalue weighted by Gasteiger charge is 2.32. The standard InChI is InChI=1S/C15H25NO5/c1-11-4-5-12(15(18)19)9-16(11)14(17)6-8-20-10-13-3-2-7-21-13/h11-13H,2-10H2,1H3,(H,18,19). The molecule has 0 spiro atoms. The second-order valence-electron chi connectivity index (χ2n) is 5.97. The Labute approximate surface area is 125 Å². The van der Waals surface area contributed by atoms with Gasteiger partial charge in [-0.1, -0.05) is 0 Å². The molecule has 2 fully saturated rings. The molecular weight excluding hydrogens is 274 g/mol. The number of nitrogens with zero attached hydrogens (tertiary/aromatic N) is 1. The van der Waals surface area contributed by atoms with Crippen LogP contribution in [0.1, 0.15) is 39.0 Å². The van der Waals surface area contributed by atoms with Gasteiger partial charge < -0.3 is 19.5 Å². The van der Waals surface area contributed by atoms with Crippen molar-refractivity contribution in [3.63, 3.8) is 0 Å². The van der Waals surface area contributed by atoms with Gasteiger partial charge in [0.1, 0.15) is 0 Å². The zero-order valence-electron chi connectivity index (χ0n) is 12.6. The molecule has 1 amide bonds. The van der Waals surface area contributed by atoms with Crippen molar-refractivity contribution >= 4 is 11.9 Å². The number of rotatable bonds is 6. The van der Waals surface area contributed by atoms with Crippen molar-refractivity contribution in [3.05, 3.63) is 0 Å². The molecule has 120 valence electrons. The predicted octanol–water partition coefficient (Wildman–Crippen LogP) is 1.28. The summed E-state index contributed by atoms with van der Waals surface area (Å²) >= 11 is 0. The first-order valence-corrected chi connectivity index (χ1v) is 7.79. The summed E-state index contributed by atoms with van der Waals surface area (Å²) in [5.74, 6) is -1.26. The SMILES string of the molecule is CC1CCC(C(=O)O)CN1C(=O)CCOCC1CCCO1. The van der Waals surface area contributed by atoms with Crippen LogP contribution in [0.5, 0.6) is 0 Å². The Balaban J connectivity index is 1.69. The molecule has 6 nitrogen and oxygen atoms in total. The summed E-state index contributed by atoms with van der Waals surface area (Å²) in [4.78, 5) is 24.9. The fourth-order valence-corrected chi connectivity index (χ4v) is 2.95. The fraction of sp³-hybridized carbons (Fsp3) is 0.867. The number of aliphatic carboxylic acids is 1. The molecule has 3 unspecified atom stereocenters. The Morgan fingerprint density at radius 1 is 1.33 bits per heavy atom. The molecule has 0 bridgehead atoms. The van der Waals surface area contributed by atoms with Crippen molar-refractivity contribution in [3.8, 4) is 0 Å². The minimum atomic E-state index is -0.811. The summed E-state index contributed by atoms with van der Waals surface area (Å²) in [5.41, 5.74) is 0. The second kappa shape index (κ2) is 7.75. The van der Waals surface area contributed by atoms with Crippen LogP contribution in [0, 0.1) is 5.92 Å². The minimum Gasteiger partial charge on any atom is -0.481 e. The molecule has 0 aromatic heterocycles. The van der Waals surface area contributed by atoms with Gasteiger partial charge in [0.05, 0.1) is 31.7 Å². The molecular formula is C15H25NO5. The first-order chi connectivity index (χ1) is 10.1.